The van der Waals surface area contributed by atoms with Crippen LogP contribution in [0.4, 0.5) is 0 Å². The highest BCUT2D eigenvalue weighted by Crippen LogP contribution is 2.13. The number of carbonyl (C=O) groups excluding carboxylic acids is 1. The number of rotatable bonds is 6. The maximum absolute atomic E-state index is 12.6. The van der Waals surface area contributed by atoms with E-state index >= 15 is 0 Å². The molecule has 2 aromatic carbocycles. The van der Waals surface area contributed by atoms with Crippen LogP contribution >= 0.6 is 0 Å². The molecule has 0 N–H and O–H groups in total. The van der Waals surface area contributed by atoms with Crippen LogP contribution in [0.3, 0.4) is 0 Å². The number of hydrogen-bond donors (Lipinski definition) is 0. The summed E-state index contributed by atoms with van der Waals surface area (Å²) in [6, 6.07) is 15.7. The van der Waals surface area contributed by atoms with Gasteiger partial charge >= 0.3 is 5.97 Å². The Morgan fingerprint density at radius 2 is 1.88 bits per heavy atom. The fraction of sp³-hybridized carbons (Fsp3) is 0.150. The van der Waals surface area contributed by atoms with Crippen molar-refractivity contribution >= 4 is 16.9 Å². The maximum atomic E-state index is 12.6. The number of para-hydroxylation sites is 1. The number of fused-ring (bicyclic) bond motifs is 1. The average Bonchev–Trinajstić information content (AvgIpc) is 2.67. The van der Waals surface area contributed by atoms with Crippen LogP contribution < -0.4 is 5.56 Å². The van der Waals surface area contributed by atoms with Gasteiger partial charge in [0.1, 0.15) is 0 Å². The van der Waals surface area contributed by atoms with Crippen molar-refractivity contribution in [2.45, 2.75) is 12.5 Å². The second-order valence-corrected chi connectivity index (χ2v) is 5.57. The number of benzene rings is 2. The van der Waals surface area contributed by atoms with Gasteiger partial charge in [-0.25, -0.2) is 9.78 Å². The molecule has 0 aliphatic rings. The SMILES string of the molecule is C=C[C@@H](CCOC(=O)c1ccccc1)n1cnc2ccccc2c1=O. The summed E-state index contributed by atoms with van der Waals surface area (Å²) in [7, 11) is 0. The van der Waals surface area contributed by atoms with Gasteiger partial charge in [-0.2, -0.15) is 0 Å². The molecule has 0 spiro atoms. The Morgan fingerprint density at radius 1 is 1.16 bits per heavy atom. The largest absolute Gasteiger partial charge is 0.462 e. The molecule has 0 amide bonds. The van der Waals surface area contributed by atoms with Crippen molar-refractivity contribution in [1.82, 2.24) is 9.55 Å². The molecule has 25 heavy (non-hydrogen) atoms. The topological polar surface area (TPSA) is 61.2 Å². The smallest absolute Gasteiger partial charge is 0.338 e. The number of hydrogen-bond acceptors (Lipinski definition) is 4. The van der Waals surface area contributed by atoms with Gasteiger partial charge in [0.2, 0.25) is 0 Å². The molecule has 1 atom stereocenters. The average molecular weight is 334 g/mol. The fourth-order valence-electron chi connectivity index (χ4n) is 2.62. The minimum Gasteiger partial charge on any atom is -0.462 e. The zero-order valence-electron chi connectivity index (χ0n) is 13.7. The highest BCUT2D eigenvalue weighted by molar-refractivity contribution is 5.89. The molecule has 0 unspecified atom stereocenters. The van der Waals surface area contributed by atoms with E-state index in [9.17, 15) is 9.59 Å². The van der Waals surface area contributed by atoms with Crippen molar-refractivity contribution in [3.8, 4) is 0 Å². The van der Waals surface area contributed by atoms with Crippen molar-refractivity contribution in [3.05, 3.63) is 89.5 Å². The van der Waals surface area contributed by atoms with Crippen molar-refractivity contribution in [2.24, 2.45) is 0 Å². The van der Waals surface area contributed by atoms with E-state index in [0.29, 0.717) is 22.9 Å². The second-order valence-electron chi connectivity index (χ2n) is 5.57. The molecule has 1 aromatic heterocycles. The van der Waals surface area contributed by atoms with E-state index in [1.807, 2.05) is 12.1 Å². The molecule has 0 saturated carbocycles. The number of esters is 1. The van der Waals surface area contributed by atoms with Gasteiger partial charge in [-0.3, -0.25) is 9.36 Å². The van der Waals surface area contributed by atoms with E-state index in [0.717, 1.165) is 0 Å². The third-order valence-electron chi connectivity index (χ3n) is 3.98. The van der Waals surface area contributed by atoms with Gasteiger partial charge < -0.3 is 4.74 Å². The van der Waals surface area contributed by atoms with E-state index in [4.69, 9.17) is 4.74 Å². The first kappa shape index (κ1) is 16.6. The van der Waals surface area contributed by atoms with E-state index in [1.54, 1.807) is 48.5 Å². The van der Waals surface area contributed by atoms with Gasteiger partial charge in [-0.15, -0.1) is 6.58 Å². The van der Waals surface area contributed by atoms with Crippen LogP contribution in [-0.4, -0.2) is 22.1 Å². The highest BCUT2D eigenvalue weighted by atomic mass is 16.5. The Labute approximate surface area is 145 Å². The number of carbonyl (C=O) groups is 1. The van der Waals surface area contributed by atoms with Crippen LogP contribution in [-0.2, 0) is 4.74 Å². The van der Waals surface area contributed by atoms with Crippen LogP contribution in [0.2, 0.25) is 0 Å². The first-order chi connectivity index (χ1) is 12.2. The predicted molar refractivity (Wildman–Crippen MR) is 96.6 cm³/mol. The second kappa shape index (κ2) is 7.57. The summed E-state index contributed by atoms with van der Waals surface area (Å²) in [6.07, 6.45) is 3.62. The molecule has 3 rings (SSSR count). The molecule has 3 aromatic rings. The monoisotopic (exact) mass is 334 g/mol. The van der Waals surface area contributed by atoms with Crippen LogP contribution in [0.1, 0.15) is 22.8 Å². The Hall–Kier alpha value is -3.21. The van der Waals surface area contributed by atoms with Crippen molar-refractivity contribution in [3.63, 3.8) is 0 Å². The minimum absolute atomic E-state index is 0.134. The molecule has 5 nitrogen and oxygen atoms in total. The van der Waals surface area contributed by atoms with Gasteiger partial charge in [-0.05, 0) is 24.3 Å². The molecular weight excluding hydrogens is 316 g/mol. The lowest BCUT2D eigenvalue weighted by Crippen LogP contribution is -2.25. The molecular formula is C20H18N2O3. The number of ether oxygens (including phenoxy) is 1. The molecule has 0 aliphatic heterocycles. The number of aromatic nitrogens is 2. The zero-order chi connectivity index (χ0) is 17.6. The highest BCUT2D eigenvalue weighted by Gasteiger charge is 2.13. The van der Waals surface area contributed by atoms with Crippen LogP contribution in [0.15, 0.2) is 78.4 Å². The summed E-state index contributed by atoms with van der Waals surface area (Å²) in [5, 5.41) is 0.554. The summed E-state index contributed by atoms with van der Waals surface area (Å²) in [4.78, 5) is 28.9. The lowest BCUT2D eigenvalue weighted by Gasteiger charge is -2.16. The maximum Gasteiger partial charge on any atom is 0.338 e. The molecule has 0 aliphatic carbocycles. The van der Waals surface area contributed by atoms with E-state index in [1.165, 1.54) is 10.9 Å². The molecule has 126 valence electrons. The normalized spacial score (nSPS) is 11.8. The summed E-state index contributed by atoms with van der Waals surface area (Å²) >= 11 is 0. The Kier molecular flexibility index (Phi) is 5.04. The number of nitrogens with zero attached hydrogens (tertiary/aromatic N) is 2. The molecule has 5 heteroatoms. The fourth-order valence-corrected chi connectivity index (χ4v) is 2.62. The summed E-state index contributed by atoms with van der Waals surface area (Å²) in [5.41, 5.74) is 1.02. The molecule has 0 saturated heterocycles. The van der Waals surface area contributed by atoms with Crippen LogP contribution in [0.5, 0.6) is 0 Å². The first-order valence-electron chi connectivity index (χ1n) is 8.01. The predicted octanol–water partition coefficient (Wildman–Crippen LogP) is 3.37. The van der Waals surface area contributed by atoms with Crippen LogP contribution in [0.25, 0.3) is 10.9 Å². The van der Waals surface area contributed by atoms with E-state index in [-0.39, 0.29) is 24.2 Å². The Bertz CT molecular complexity index is 948. The Balaban J connectivity index is 1.71. The van der Waals surface area contributed by atoms with Gasteiger partial charge in [0.25, 0.3) is 5.56 Å². The van der Waals surface area contributed by atoms with Crippen molar-refractivity contribution in [1.29, 1.82) is 0 Å². The van der Waals surface area contributed by atoms with Gasteiger partial charge in [-0.1, -0.05) is 36.4 Å². The standard InChI is InChI=1S/C20H18N2O3/c1-2-16(12-13-25-20(24)15-8-4-3-5-9-15)22-14-21-18-11-7-6-10-17(18)19(22)23/h2-11,14,16H,1,12-13H2/t16-/m0/s1. The van der Waals surface area contributed by atoms with Crippen molar-refractivity contribution in [2.75, 3.05) is 6.61 Å². The van der Waals surface area contributed by atoms with Gasteiger partial charge in [0.05, 0.1) is 35.4 Å². The lowest BCUT2D eigenvalue weighted by atomic mass is 10.2. The van der Waals surface area contributed by atoms with E-state index < -0.39 is 0 Å². The first-order valence-corrected chi connectivity index (χ1v) is 8.01. The Morgan fingerprint density at radius 3 is 2.64 bits per heavy atom. The quantitative estimate of drug-likeness (QED) is 0.512. The number of allylic oxidation sites excluding steroid dienone is 1. The van der Waals surface area contributed by atoms with Crippen molar-refractivity contribution < 1.29 is 9.53 Å². The third kappa shape index (κ3) is 3.66. The zero-order valence-corrected chi connectivity index (χ0v) is 13.7. The molecule has 1 heterocycles. The lowest BCUT2D eigenvalue weighted by molar-refractivity contribution is 0.0490. The summed E-state index contributed by atoms with van der Waals surface area (Å²) in [5.74, 6) is -0.382. The van der Waals surface area contributed by atoms with E-state index in [2.05, 4.69) is 11.6 Å². The van der Waals surface area contributed by atoms with Gasteiger partial charge in [0.15, 0.2) is 0 Å². The third-order valence-corrected chi connectivity index (χ3v) is 3.98. The summed E-state index contributed by atoms with van der Waals surface area (Å²) in [6.45, 7) is 3.97. The molecule has 0 bridgehead atoms. The van der Waals surface area contributed by atoms with Crippen LogP contribution in [0, 0.1) is 0 Å². The minimum atomic E-state index is -0.382. The molecule has 0 fully saturated rings. The van der Waals surface area contributed by atoms with Gasteiger partial charge in [0, 0.05) is 6.42 Å². The summed E-state index contributed by atoms with van der Waals surface area (Å²) < 4.78 is 6.81. The molecule has 0 radical (unpaired) electrons.